The number of nitrogens with one attached hydrogen (secondary N) is 2. The minimum Gasteiger partial charge on any atom is -0.484 e. The first-order valence-electron chi connectivity index (χ1n) is 4.66. The molecule has 0 fully saturated rings. The molecule has 17 heavy (non-hydrogen) atoms. The number of aromatic amines is 1. The van der Waals surface area contributed by atoms with Gasteiger partial charge in [0.25, 0.3) is 11.9 Å². The van der Waals surface area contributed by atoms with Crippen LogP contribution in [0.15, 0.2) is 24.3 Å². The molecule has 8 heteroatoms. The molecule has 1 amide bonds. The molecule has 0 spiro atoms. The smallest absolute Gasteiger partial charge is 0.269 e. The number of anilines is 1. The van der Waals surface area contributed by atoms with E-state index in [-0.39, 0.29) is 18.5 Å². The Bertz CT molecular complexity index is 485. The quantitative estimate of drug-likeness (QED) is 0.843. The summed E-state index contributed by atoms with van der Waals surface area (Å²) in [5.74, 6) is 0.286. The summed E-state index contributed by atoms with van der Waals surface area (Å²) in [7, 11) is 0. The molecule has 0 aliphatic carbocycles. The fraction of sp³-hybridized carbons (Fsp3) is 0.111. The van der Waals surface area contributed by atoms with Gasteiger partial charge in [0, 0.05) is 5.02 Å². The van der Waals surface area contributed by atoms with Crippen LogP contribution in [0.3, 0.4) is 0 Å². The van der Waals surface area contributed by atoms with Crippen LogP contribution in [0.4, 0.5) is 5.95 Å². The Labute approximate surface area is 101 Å². The summed E-state index contributed by atoms with van der Waals surface area (Å²) in [5.41, 5.74) is 0. The lowest BCUT2D eigenvalue weighted by atomic mass is 10.3. The average molecular weight is 254 g/mol. The fourth-order valence-corrected chi connectivity index (χ4v) is 1.18. The molecule has 1 heterocycles. The van der Waals surface area contributed by atoms with Crippen molar-refractivity contribution in [2.45, 2.75) is 0 Å². The maximum Gasteiger partial charge on any atom is 0.269 e. The molecule has 1 aromatic carbocycles. The molecule has 2 aromatic rings. The van der Waals surface area contributed by atoms with E-state index >= 15 is 0 Å². The molecule has 2 rings (SSSR count). The molecule has 0 atom stereocenters. The van der Waals surface area contributed by atoms with Crippen molar-refractivity contribution >= 4 is 23.5 Å². The van der Waals surface area contributed by atoms with Crippen LogP contribution < -0.4 is 10.1 Å². The van der Waals surface area contributed by atoms with E-state index in [9.17, 15) is 4.79 Å². The van der Waals surface area contributed by atoms with Gasteiger partial charge in [0.2, 0.25) is 0 Å². The Morgan fingerprint density at radius 2 is 2.18 bits per heavy atom. The van der Waals surface area contributed by atoms with Gasteiger partial charge in [0.1, 0.15) is 5.75 Å². The summed E-state index contributed by atoms with van der Waals surface area (Å²) in [6.07, 6.45) is 0. The lowest BCUT2D eigenvalue weighted by molar-refractivity contribution is -0.118. The lowest BCUT2D eigenvalue weighted by Gasteiger charge is -2.04. The van der Waals surface area contributed by atoms with Crippen LogP contribution >= 0.6 is 11.6 Å². The van der Waals surface area contributed by atoms with Crippen molar-refractivity contribution in [3.8, 4) is 5.75 Å². The van der Waals surface area contributed by atoms with Gasteiger partial charge in [0.05, 0.1) is 0 Å². The first kappa shape index (κ1) is 11.3. The van der Waals surface area contributed by atoms with Crippen molar-refractivity contribution in [1.82, 2.24) is 20.6 Å². The first-order chi connectivity index (χ1) is 8.24. The van der Waals surface area contributed by atoms with Gasteiger partial charge in [0.15, 0.2) is 6.61 Å². The Morgan fingerprint density at radius 3 is 2.82 bits per heavy atom. The summed E-state index contributed by atoms with van der Waals surface area (Å²) in [4.78, 5) is 11.4. The number of carbonyl (C=O) groups excluding carboxylic acids is 1. The minimum absolute atomic E-state index is 0.106. The van der Waals surface area contributed by atoms with Gasteiger partial charge in [-0.25, -0.2) is 0 Å². The molecule has 0 saturated carbocycles. The van der Waals surface area contributed by atoms with E-state index in [0.29, 0.717) is 10.8 Å². The number of hydrogen-bond donors (Lipinski definition) is 2. The average Bonchev–Trinajstić information content (AvgIpc) is 2.81. The van der Waals surface area contributed by atoms with E-state index in [2.05, 4.69) is 25.9 Å². The SMILES string of the molecule is O=C(COc1ccc(Cl)cc1)Nc1nn[nH]n1. The van der Waals surface area contributed by atoms with E-state index in [4.69, 9.17) is 16.3 Å². The number of carbonyl (C=O) groups is 1. The first-order valence-corrected chi connectivity index (χ1v) is 5.03. The minimum atomic E-state index is -0.374. The highest BCUT2D eigenvalue weighted by atomic mass is 35.5. The number of ether oxygens (including phenoxy) is 1. The van der Waals surface area contributed by atoms with Gasteiger partial charge in [-0.2, -0.15) is 5.21 Å². The second kappa shape index (κ2) is 5.26. The number of aromatic nitrogens is 4. The number of tetrazole rings is 1. The van der Waals surface area contributed by atoms with Gasteiger partial charge in [-0.05, 0) is 29.5 Å². The predicted octanol–water partition coefficient (Wildman–Crippen LogP) is 0.871. The molecule has 88 valence electrons. The summed E-state index contributed by atoms with van der Waals surface area (Å²) >= 11 is 5.71. The molecule has 0 aliphatic rings. The molecule has 2 N–H and O–H groups in total. The van der Waals surface area contributed by atoms with Crippen LogP contribution in [0.25, 0.3) is 0 Å². The molecular formula is C9H8ClN5O2. The fourth-order valence-electron chi connectivity index (χ4n) is 1.06. The molecule has 0 aliphatic heterocycles. The number of rotatable bonds is 4. The number of nitrogens with zero attached hydrogens (tertiary/aromatic N) is 3. The number of benzene rings is 1. The van der Waals surface area contributed by atoms with Crippen LogP contribution in [-0.2, 0) is 4.79 Å². The number of hydrogen-bond acceptors (Lipinski definition) is 5. The molecule has 0 bridgehead atoms. The van der Waals surface area contributed by atoms with Gasteiger partial charge >= 0.3 is 0 Å². The maximum absolute atomic E-state index is 11.4. The summed E-state index contributed by atoms with van der Waals surface area (Å²) in [6, 6.07) is 6.69. The van der Waals surface area contributed by atoms with Gasteiger partial charge in [-0.1, -0.05) is 16.7 Å². The van der Waals surface area contributed by atoms with Gasteiger partial charge in [-0.15, -0.1) is 5.10 Å². The second-order valence-electron chi connectivity index (χ2n) is 3.03. The number of halogens is 1. The standard InChI is InChI=1S/C9H8ClN5O2/c10-6-1-3-7(4-2-6)17-5-8(16)11-9-12-14-15-13-9/h1-4H,5H2,(H2,11,12,13,14,15,16). The largest absolute Gasteiger partial charge is 0.484 e. The highest BCUT2D eigenvalue weighted by Gasteiger charge is 2.06. The van der Waals surface area contributed by atoms with E-state index in [0.717, 1.165) is 0 Å². The van der Waals surface area contributed by atoms with Crippen molar-refractivity contribution in [2.24, 2.45) is 0 Å². The van der Waals surface area contributed by atoms with Crippen molar-refractivity contribution < 1.29 is 9.53 Å². The summed E-state index contributed by atoms with van der Waals surface area (Å²) < 4.78 is 5.21. The normalized spacial score (nSPS) is 9.94. The third-order valence-corrected chi connectivity index (χ3v) is 2.03. The van der Waals surface area contributed by atoms with Crippen LogP contribution in [0, 0.1) is 0 Å². The lowest BCUT2D eigenvalue weighted by Crippen LogP contribution is -2.20. The molecular weight excluding hydrogens is 246 g/mol. The third-order valence-electron chi connectivity index (χ3n) is 1.78. The zero-order chi connectivity index (χ0) is 12.1. The van der Waals surface area contributed by atoms with Crippen molar-refractivity contribution in [2.75, 3.05) is 11.9 Å². The van der Waals surface area contributed by atoms with Gasteiger partial charge < -0.3 is 4.74 Å². The molecule has 0 saturated heterocycles. The van der Waals surface area contributed by atoms with Crippen molar-refractivity contribution in [3.63, 3.8) is 0 Å². The van der Waals surface area contributed by atoms with Crippen molar-refractivity contribution in [1.29, 1.82) is 0 Å². The van der Waals surface area contributed by atoms with E-state index in [1.807, 2.05) is 0 Å². The Kier molecular flexibility index (Phi) is 3.51. The highest BCUT2D eigenvalue weighted by molar-refractivity contribution is 6.30. The molecule has 1 aromatic heterocycles. The zero-order valence-electron chi connectivity index (χ0n) is 8.55. The monoisotopic (exact) mass is 253 g/mol. The molecule has 0 unspecified atom stereocenters. The van der Waals surface area contributed by atoms with Crippen LogP contribution in [0.1, 0.15) is 0 Å². The number of H-pyrrole nitrogens is 1. The van der Waals surface area contributed by atoms with E-state index in [1.165, 1.54) is 0 Å². The van der Waals surface area contributed by atoms with Gasteiger partial charge in [-0.3, -0.25) is 10.1 Å². The molecule has 7 nitrogen and oxygen atoms in total. The van der Waals surface area contributed by atoms with Crippen LogP contribution in [0.2, 0.25) is 5.02 Å². The molecule has 0 radical (unpaired) electrons. The predicted molar refractivity (Wildman–Crippen MR) is 59.8 cm³/mol. The summed E-state index contributed by atoms with van der Waals surface area (Å²) in [6.45, 7) is -0.143. The third kappa shape index (κ3) is 3.42. The van der Waals surface area contributed by atoms with Crippen LogP contribution in [-0.4, -0.2) is 33.1 Å². The van der Waals surface area contributed by atoms with E-state index in [1.54, 1.807) is 24.3 Å². The maximum atomic E-state index is 11.4. The van der Waals surface area contributed by atoms with Crippen LogP contribution in [0.5, 0.6) is 5.75 Å². The Morgan fingerprint density at radius 1 is 1.41 bits per heavy atom. The second-order valence-corrected chi connectivity index (χ2v) is 3.46. The zero-order valence-corrected chi connectivity index (χ0v) is 9.31. The summed E-state index contributed by atoms with van der Waals surface area (Å²) in [5, 5.41) is 15.7. The Hall–Kier alpha value is -2.15. The van der Waals surface area contributed by atoms with Crippen molar-refractivity contribution in [3.05, 3.63) is 29.3 Å². The highest BCUT2D eigenvalue weighted by Crippen LogP contribution is 2.15. The van der Waals surface area contributed by atoms with E-state index < -0.39 is 0 Å². The topological polar surface area (TPSA) is 92.8 Å². The number of amides is 1. The Balaban J connectivity index is 1.82.